The van der Waals surface area contributed by atoms with Gasteiger partial charge in [0.1, 0.15) is 36.2 Å². The Morgan fingerprint density at radius 2 is 1.67 bits per heavy atom. The summed E-state index contributed by atoms with van der Waals surface area (Å²) in [6.07, 6.45) is 10.9. The van der Waals surface area contributed by atoms with Gasteiger partial charge in [-0.05, 0) is 131 Å². The predicted molar refractivity (Wildman–Crippen MR) is 293 cm³/mol. The molecule has 0 spiro atoms. The van der Waals surface area contributed by atoms with Crippen LogP contribution in [0.25, 0.3) is 10.4 Å². The molecule has 0 unspecified atom stereocenters. The number of methoxy groups -OCH3 is 3. The minimum Gasteiger partial charge on any atom is -0.460 e. The molecule has 0 aromatic heterocycles. The summed E-state index contributed by atoms with van der Waals surface area (Å²) < 4.78 is 35.8. The minimum atomic E-state index is -2.46. The number of benzene rings is 1. The Morgan fingerprint density at radius 3 is 2.37 bits per heavy atom. The van der Waals surface area contributed by atoms with E-state index in [-0.39, 0.29) is 55.2 Å². The first-order chi connectivity index (χ1) is 37.1. The number of piperidine rings is 1. The first kappa shape index (κ1) is 63.5. The highest BCUT2D eigenvalue weighted by Gasteiger charge is 2.53. The summed E-state index contributed by atoms with van der Waals surface area (Å²) in [5.41, 5.74) is 11.3. The number of carbonyl (C=O) groups excluding carboxylic acids is 6. The van der Waals surface area contributed by atoms with Gasteiger partial charge >= 0.3 is 11.9 Å². The average Bonchev–Trinajstić information content (AvgIpc) is 3.42. The summed E-state index contributed by atoms with van der Waals surface area (Å²) in [5.74, 6) is -8.85. The highest BCUT2D eigenvalue weighted by molar-refractivity contribution is 6.39. The van der Waals surface area contributed by atoms with Crippen molar-refractivity contribution in [2.45, 2.75) is 193 Å². The number of hydrogen-bond donors (Lipinski definition) is 2. The van der Waals surface area contributed by atoms with Crippen molar-refractivity contribution in [2.75, 3.05) is 27.9 Å². The maximum absolute atomic E-state index is 14.6. The molecule has 1 aromatic carbocycles. The van der Waals surface area contributed by atoms with Crippen molar-refractivity contribution < 1.29 is 67.4 Å². The number of ketones is 3. The lowest BCUT2D eigenvalue weighted by atomic mass is 9.78. The van der Waals surface area contributed by atoms with E-state index in [4.69, 9.17) is 34.0 Å². The van der Waals surface area contributed by atoms with Gasteiger partial charge in [0.25, 0.3) is 11.7 Å². The number of ether oxygens (including phenoxy) is 6. The molecule has 1 amide bonds. The summed E-state index contributed by atoms with van der Waals surface area (Å²) in [5, 5.41) is 27.2. The lowest BCUT2D eigenvalue weighted by Crippen LogP contribution is -2.61. The fourth-order valence-corrected chi connectivity index (χ4v) is 11.5. The molecule has 15 atom stereocenters. The van der Waals surface area contributed by atoms with E-state index in [1.54, 1.807) is 66.2 Å². The topological polar surface area (TPSA) is 250 Å². The molecule has 4 aliphatic rings. The number of amides is 1. The second-order valence-corrected chi connectivity index (χ2v) is 22.4. The number of aliphatic hydroxyl groups excluding tert-OH is 1. The van der Waals surface area contributed by atoms with Gasteiger partial charge in [-0.3, -0.25) is 24.0 Å². The summed E-state index contributed by atoms with van der Waals surface area (Å²) in [4.78, 5) is 88.7. The maximum Gasteiger partial charge on any atom is 0.329 e. The second kappa shape index (κ2) is 30.3. The van der Waals surface area contributed by atoms with E-state index >= 15 is 0 Å². The van der Waals surface area contributed by atoms with Crippen molar-refractivity contribution in [3.63, 3.8) is 0 Å². The Bertz CT molecular complexity index is 2410. The van der Waals surface area contributed by atoms with Crippen LogP contribution in [-0.2, 0) is 63.6 Å². The fraction of sp³-hybridized carbons (Fsp3) is 0.667. The summed E-state index contributed by atoms with van der Waals surface area (Å²) >= 11 is 0. The summed E-state index contributed by atoms with van der Waals surface area (Å²) in [6.45, 7) is 12.6. The molecule has 0 radical (unpaired) electrons. The molecule has 78 heavy (non-hydrogen) atoms. The lowest BCUT2D eigenvalue weighted by Gasteiger charge is -2.42. The number of hydrogen-bond acceptors (Lipinski definition) is 15. The molecular formula is C60H86N4O14. The van der Waals surface area contributed by atoms with Gasteiger partial charge < -0.3 is 43.5 Å². The Morgan fingerprint density at radius 1 is 0.910 bits per heavy atom. The number of cyclic esters (lactones) is 1. The van der Waals surface area contributed by atoms with Crippen molar-refractivity contribution in [3.8, 4) is 0 Å². The molecule has 18 nitrogen and oxygen atoms in total. The largest absolute Gasteiger partial charge is 0.460 e. The number of nitrogens with zero attached hydrogens (tertiary/aromatic N) is 4. The molecule has 3 aliphatic heterocycles. The molecule has 430 valence electrons. The molecule has 5 rings (SSSR count). The van der Waals surface area contributed by atoms with Gasteiger partial charge in [0.15, 0.2) is 5.78 Å². The summed E-state index contributed by atoms with van der Waals surface area (Å²) in [7, 11) is 4.50. The molecule has 1 saturated carbocycles. The average molecular weight is 1090 g/mol. The number of carbonyl (C=O) groups is 6. The van der Waals surface area contributed by atoms with E-state index in [2.05, 4.69) is 10.0 Å². The van der Waals surface area contributed by atoms with Gasteiger partial charge in [0.2, 0.25) is 5.79 Å². The zero-order valence-corrected chi connectivity index (χ0v) is 47.5. The van der Waals surface area contributed by atoms with Crippen LogP contribution < -0.4 is 0 Å². The van der Waals surface area contributed by atoms with Gasteiger partial charge in [-0.1, -0.05) is 94.4 Å². The van der Waals surface area contributed by atoms with E-state index < -0.39 is 95.9 Å². The number of aryl methyl sites for hydroxylation is 1. The van der Waals surface area contributed by atoms with Gasteiger partial charge in [-0.15, -0.1) is 0 Å². The van der Waals surface area contributed by atoms with Crippen LogP contribution in [0.4, 0.5) is 5.69 Å². The van der Waals surface area contributed by atoms with Crippen molar-refractivity contribution in [2.24, 2.45) is 40.6 Å². The fourth-order valence-electron chi connectivity index (χ4n) is 11.5. The minimum absolute atomic E-state index is 0.00440. The zero-order valence-electron chi connectivity index (χ0n) is 47.5. The van der Waals surface area contributed by atoms with Crippen LogP contribution in [0.5, 0.6) is 0 Å². The van der Waals surface area contributed by atoms with E-state index in [9.17, 15) is 39.0 Å². The van der Waals surface area contributed by atoms with Crippen LogP contribution in [0.1, 0.15) is 138 Å². The molecule has 3 fully saturated rings. The monoisotopic (exact) mass is 1090 g/mol. The highest BCUT2D eigenvalue weighted by Crippen LogP contribution is 2.38. The zero-order chi connectivity index (χ0) is 57.3. The number of fused-ring (bicyclic) bond motifs is 3. The van der Waals surface area contributed by atoms with E-state index in [0.29, 0.717) is 81.9 Å². The first-order valence-electron chi connectivity index (χ1n) is 28.0. The molecular weight excluding hydrogens is 1000 g/mol. The van der Waals surface area contributed by atoms with Crippen LogP contribution in [0.15, 0.2) is 77.0 Å². The van der Waals surface area contributed by atoms with E-state index in [1.165, 1.54) is 12.0 Å². The van der Waals surface area contributed by atoms with E-state index in [0.717, 1.165) is 11.1 Å². The third-order valence-corrected chi connectivity index (χ3v) is 16.4. The van der Waals surface area contributed by atoms with Crippen LogP contribution in [0.3, 0.4) is 0 Å². The quantitative estimate of drug-likeness (QED) is 0.0523. The second-order valence-electron chi connectivity index (χ2n) is 22.4. The molecule has 1 aromatic rings. The van der Waals surface area contributed by atoms with Gasteiger partial charge in [-0.25, -0.2) is 4.79 Å². The van der Waals surface area contributed by atoms with Crippen LogP contribution in [0.2, 0.25) is 0 Å². The number of allylic oxidation sites excluding steroid dienone is 6. The summed E-state index contributed by atoms with van der Waals surface area (Å²) in [6, 6.07) is 5.81. The Balaban J connectivity index is 1.41. The Kier molecular flexibility index (Phi) is 24.7. The smallest absolute Gasteiger partial charge is 0.329 e. The number of rotatable bonds is 11. The van der Waals surface area contributed by atoms with Crippen LogP contribution in [0, 0.1) is 35.5 Å². The van der Waals surface area contributed by atoms with Crippen molar-refractivity contribution >= 4 is 40.9 Å². The van der Waals surface area contributed by atoms with Crippen LogP contribution in [-0.4, -0.2) is 133 Å². The number of esters is 2. The van der Waals surface area contributed by atoms with Crippen molar-refractivity contribution in [1.82, 2.24) is 4.90 Å². The third-order valence-electron chi connectivity index (χ3n) is 16.4. The standard InChI is InChI=1S/C60H86N4O14/c1-36-17-12-11-13-18-37(2)50(73-8)34-46-25-22-42(7)60(72,78-46)57(69)58(70)64-28-15-14-21-47(64)59(71)77-51(35-48(65)38(3)30-41(6)55(68)56(75-10)54(67)40(5)29-36)39(4)31-44-23-26-49(52(33-44)74-9)76-53(66)27-24-43-19-16-20-45(32-43)62-63-61/h11-13,16-20,30,32,36,38-40,42,44,46-47,49-52,55-56,68,72H,14-15,21-29,31,33-35H2,1-10H3/b13-11+,17-12+,37-18+,41-30+/t36-,38-,39-,40-,42-,44+,46+,47+,49-,50+,51+,52-,55-,56+,60-/m1/s1. The molecule has 2 bridgehead atoms. The number of azide groups is 1. The first-order valence-corrected chi connectivity index (χ1v) is 28.0. The number of Topliss-reactive ketones (excluding diaryl/α,β-unsaturated/α-hetero) is 3. The molecule has 2 saturated heterocycles. The SMILES string of the molecule is CO[C@H]1C[C@@H]2CC[C@@H](C)[C@@](O)(O2)C(=O)C(=O)N2CCCC[C@H]2C(=O)O[C@H]([C@H](C)C[C@@H]2CC[C@@H](OC(=O)CCc3cccc(N=[N+]=[N-])c3)[C@H](OC)C2)CC(=O)[C@H](C)/C=C(\C)[C@@H](O)[C@@H](OC)C(=O)[C@H](C)C[C@H](C)/C=C/C=C/C=C/1C. The Labute approximate surface area is 460 Å². The molecule has 3 heterocycles. The van der Waals surface area contributed by atoms with Crippen molar-refractivity contribution in [3.05, 3.63) is 87.9 Å². The number of aliphatic hydroxyl groups is 2. The molecule has 2 N–H and O–H groups in total. The molecule has 1 aliphatic carbocycles. The van der Waals surface area contributed by atoms with Gasteiger partial charge in [0, 0.05) is 75.5 Å². The normalized spacial score (nSPS) is 35.4. The highest BCUT2D eigenvalue weighted by atomic mass is 16.6. The lowest BCUT2D eigenvalue weighted by molar-refractivity contribution is -0.265. The van der Waals surface area contributed by atoms with Crippen LogP contribution >= 0.6 is 0 Å². The predicted octanol–water partition coefficient (Wildman–Crippen LogP) is 9.31. The maximum atomic E-state index is 14.6. The Hall–Kier alpha value is -5.33. The molecule has 18 heteroatoms. The van der Waals surface area contributed by atoms with Crippen molar-refractivity contribution in [1.29, 1.82) is 0 Å². The van der Waals surface area contributed by atoms with E-state index in [1.807, 2.05) is 57.2 Å². The van der Waals surface area contributed by atoms with Gasteiger partial charge in [-0.2, -0.15) is 0 Å². The third kappa shape index (κ3) is 17.3. The van der Waals surface area contributed by atoms with Gasteiger partial charge in [0.05, 0.1) is 18.3 Å².